The van der Waals surface area contributed by atoms with Gasteiger partial charge in [0.1, 0.15) is 0 Å². The summed E-state index contributed by atoms with van der Waals surface area (Å²) in [5.74, 6) is 3.74. The van der Waals surface area contributed by atoms with Crippen LogP contribution in [0.5, 0.6) is 0 Å². The Balaban J connectivity index is 1.50. The highest BCUT2D eigenvalue weighted by Gasteiger charge is 2.57. The van der Waals surface area contributed by atoms with Crippen molar-refractivity contribution in [3.05, 3.63) is 45.5 Å². The normalized spacial score (nSPS) is 37.2. The van der Waals surface area contributed by atoms with Crippen LogP contribution in [0.4, 0.5) is 0 Å². The maximum absolute atomic E-state index is 12.4. The maximum Gasteiger partial charge on any atom is 0.361 e. The Bertz CT molecular complexity index is 800. The van der Waals surface area contributed by atoms with E-state index in [0.717, 1.165) is 12.0 Å². The molecule has 0 amide bonds. The van der Waals surface area contributed by atoms with Gasteiger partial charge in [-0.1, -0.05) is 44.5 Å². The van der Waals surface area contributed by atoms with Crippen molar-refractivity contribution in [3.63, 3.8) is 0 Å². The first-order valence-electron chi connectivity index (χ1n) is 9.65. The van der Waals surface area contributed by atoms with E-state index in [9.17, 15) is 4.91 Å². The van der Waals surface area contributed by atoms with Gasteiger partial charge in [-0.05, 0) is 53.7 Å². The highest BCUT2D eigenvalue weighted by molar-refractivity contribution is 6.30. The third kappa shape index (κ3) is 3.12. The van der Waals surface area contributed by atoms with Crippen molar-refractivity contribution < 1.29 is 14.5 Å². The van der Waals surface area contributed by atoms with Crippen LogP contribution >= 0.6 is 11.6 Å². The lowest BCUT2D eigenvalue weighted by Gasteiger charge is -2.61. The largest absolute Gasteiger partial charge is 0.361 e. The summed E-state index contributed by atoms with van der Waals surface area (Å²) in [4.78, 5) is 18.2. The Kier molecular flexibility index (Phi) is 4.66. The van der Waals surface area contributed by atoms with E-state index in [1.165, 1.54) is 6.42 Å². The fourth-order valence-corrected chi connectivity index (χ4v) is 5.44. The molecule has 3 aliphatic carbocycles. The summed E-state index contributed by atoms with van der Waals surface area (Å²) in [5, 5.41) is 8.14. The van der Waals surface area contributed by atoms with Crippen LogP contribution in [0, 0.1) is 33.5 Å². The smallest absolute Gasteiger partial charge is 0.334 e. The second kappa shape index (κ2) is 6.73. The zero-order valence-electron chi connectivity index (χ0n) is 15.9. The summed E-state index contributed by atoms with van der Waals surface area (Å²) in [7, 11) is 0. The van der Waals surface area contributed by atoms with Gasteiger partial charge in [-0.3, -0.25) is 5.41 Å². The fourth-order valence-electron chi connectivity index (χ4n) is 5.32. The van der Waals surface area contributed by atoms with Crippen LogP contribution in [0.15, 0.2) is 30.0 Å². The van der Waals surface area contributed by atoms with Gasteiger partial charge in [-0.25, -0.2) is 0 Å². The summed E-state index contributed by atoms with van der Waals surface area (Å²) in [6, 6.07) is 7.33. The molecule has 0 unspecified atom stereocenters. The molecular weight excluding hydrogens is 364 g/mol. The highest BCUT2D eigenvalue weighted by atomic mass is 35.5. The van der Waals surface area contributed by atoms with Gasteiger partial charge in [-0.15, -0.1) is 0 Å². The molecule has 1 N–H and O–H groups in total. The fraction of sp³-hybridized carbons (Fsp3) is 0.619. The van der Waals surface area contributed by atoms with Crippen LogP contribution < -0.4 is 0 Å². The summed E-state index contributed by atoms with van der Waals surface area (Å²) in [5.41, 5.74) is 1.46. The molecule has 1 aromatic carbocycles. The average molecular weight is 390 g/mol. The van der Waals surface area contributed by atoms with Gasteiger partial charge in [0.25, 0.3) is 11.2 Å². The number of halogens is 1. The molecule has 6 atom stereocenters. The highest BCUT2D eigenvalue weighted by Crippen LogP contribution is 2.62. The van der Waals surface area contributed by atoms with Crippen LogP contribution in [0.1, 0.15) is 51.5 Å². The minimum Gasteiger partial charge on any atom is -0.334 e. The first-order valence-corrected chi connectivity index (χ1v) is 10.0. The van der Waals surface area contributed by atoms with Gasteiger partial charge in [0.15, 0.2) is 0 Å². The molecule has 1 aromatic rings. The van der Waals surface area contributed by atoms with Gasteiger partial charge in [0.2, 0.25) is 0 Å². The minimum absolute atomic E-state index is 0.108. The summed E-state index contributed by atoms with van der Waals surface area (Å²) in [6.45, 7) is 6.96. The molecule has 27 heavy (non-hydrogen) atoms. The summed E-state index contributed by atoms with van der Waals surface area (Å²) >= 11 is 5.98. The Morgan fingerprint density at radius 2 is 1.96 bits per heavy atom. The average Bonchev–Trinajstić information content (AvgIpc) is 2.63. The molecule has 1 saturated heterocycles. The van der Waals surface area contributed by atoms with Crippen molar-refractivity contribution in [2.24, 2.45) is 23.2 Å². The molecule has 0 aromatic heterocycles. The van der Waals surface area contributed by atoms with E-state index in [4.69, 9.17) is 26.6 Å². The number of allylic oxidation sites excluding steroid dienone is 1. The van der Waals surface area contributed by atoms with E-state index < -0.39 is 6.29 Å². The predicted molar refractivity (Wildman–Crippen MR) is 103 cm³/mol. The molecule has 6 heteroatoms. The topological polar surface area (TPSA) is 62.4 Å². The first kappa shape index (κ1) is 18.7. The molecule has 5 nitrogen and oxygen atoms in total. The van der Waals surface area contributed by atoms with Crippen LogP contribution in [-0.4, -0.2) is 23.2 Å². The summed E-state index contributed by atoms with van der Waals surface area (Å²) in [6.07, 6.45) is 2.28. The van der Waals surface area contributed by atoms with E-state index in [1.54, 1.807) is 12.1 Å². The quantitative estimate of drug-likeness (QED) is 0.733. The van der Waals surface area contributed by atoms with Crippen LogP contribution in [-0.2, 0) is 9.57 Å². The second-order valence-electron chi connectivity index (χ2n) is 8.77. The van der Waals surface area contributed by atoms with E-state index in [0.29, 0.717) is 39.5 Å². The van der Waals surface area contributed by atoms with Gasteiger partial charge in [0, 0.05) is 11.4 Å². The molecule has 1 heterocycles. The maximum atomic E-state index is 12.4. The lowest BCUT2D eigenvalue weighted by molar-refractivity contribution is -0.802. The Morgan fingerprint density at radius 3 is 2.56 bits per heavy atom. The van der Waals surface area contributed by atoms with Gasteiger partial charge in [0.05, 0.1) is 22.8 Å². The number of benzene rings is 1. The zero-order chi connectivity index (χ0) is 19.3. The lowest BCUT2D eigenvalue weighted by atomic mass is 9.45. The van der Waals surface area contributed by atoms with Crippen LogP contribution in [0.3, 0.4) is 0 Å². The number of nitrogens with zero attached hydrogens (tertiary/aromatic N) is 1. The van der Waals surface area contributed by atoms with Crippen molar-refractivity contribution in [3.8, 4) is 0 Å². The predicted octanol–water partition coefficient (Wildman–Crippen LogP) is 5.08. The molecule has 144 valence electrons. The second-order valence-corrected chi connectivity index (χ2v) is 9.21. The van der Waals surface area contributed by atoms with Crippen molar-refractivity contribution in [2.45, 2.75) is 58.3 Å². The number of fused-ring (bicyclic) bond motifs is 2. The third-order valence-corrected chi connectivity index (χ3v) is 7.43. The molecule has 0 spiro atoms. The molecule has 3 saturated carbocycles. The number of hydrogen-bond donors (Lipinski definition) is 1. The molecular formula is C21H26ClN2O3+. The first-order chi connectivity index (χ1) is 12.8. The van der Waals surface area contributed by atoms with E-state index in [1.807, 2.05) is 12.1 Å². The third-order valence-electron chi connectivity index (χ3n) is 7.18. The van der Waals surface area contributed by atoms with Crippen LogP contribution in [0.2, 0.25) is 5.02 Å². The molecule has 1 aliphatic heterocycles. The van der Waals surface area contributed by atoms with E-state index >= 15 is 0 Å². The Hall–Kier alpha value is -1.68. The zero-order valence-corrected chi connectivity index (χ0v) is 16.7. The molecule has 4 fully saturated rings. The lowest BCUT2D eigenvalue weighted by Crippen LogP contribution is -2.58. The van der Waals surface area contributed by atoms with Gasteiger partial charge >= 0.3 is 5.70 Å². The SMILES string of the molecule is C[C@@H]1[C@H]2C[C@@H](C[C@H]1O[C@@H]1C[C@H](c3ccc(Cl)cc3)C(=C=N)[N+](=O)O1)C2(C)C. The van der Waals surface area contributed by atoms with Gasteiger partial charge in [-0.2, -0.15) is 4.84 Å². The Labute approximate surface area is 164 Å². The standard InChI is InChI=1S/C21H26ClN2O3/c1-12-17-8-14(21(17,2)3)9-19(12)26-20-10-16(18(11-23)24(25)27-20)13-4-6-15(22)7-5-13/h4-7,12,14,16-17,19-20,23H,8-10H2,1-3H3/q+1/t12-,14+,16-,17-,19-,20+/m1/s1. The van der Waals surface area contributed by atoms with Crippen molar-refractivity contribution in [2.75, 3.05) is 0 Å². The minimum atomic E-state index is -0.617. The molecule has 4 aliphatic rings. The summed E-state index contributed by atoms with van der Waals surface area (Å²) < 4.78 is 6.29. The monoisotopic (exact) mass is 389 g/mol. The number of hydrogen-bond acceptors (Lipinski definition) is 4. The molecule has 0 radical (unpaired) electrons. The van der Waals surface area contributed by atoms with E-state index in [2.05, 4.69) is 26.6 Å². The van der Waals surface area contributed by atoms with E-state index in [-0.39, 0.29) is 17.7 Å². The van der Waals surface area contributed by atoms with Gasteiger partial charge < -0.3 is 4.74 Å². The number of ether oxygens (including phenoxy) is 1. The number of rotatable bonds is 3. The van der Waals surface area contributed by atoms with Crippen molar-refractivity contribution in [1.82, 2.24) is 0 Å². The van der Waals surface area contributed by atoms with Crippen LogP contribution in [0.25, 0.3) is 0 Å². The molecule has 5 rings (SSSR count). The van der Waals surface area contributed by atoms with Crippen molar-refractivity contribution >= 4 is 17.5 Å². The molecule has 2 bridgehead atoms. The number of nitrogens with one attached hydrogen (secondary N) is 1. The van der Waals surface area contributed by atoms with Crippen molar-refractivity contribution in [1.29, 1.82) is 5.41 Å². The Morgan fingerprint density at radius 1 is 1.26 bits per heavy atom.